The summed E-state index contributed by atoms with van der Waals surface area (Å²) in [6, 6.07) is 19.2. The van der Waals surface area contributed by atoms with Gasteiger partial charge in [-0.3, -0.25) is 9.59 Å². The van der Waals surface area contributed by atoms with Crippen molar-refractivity contribution < 1.29 is 14.3 Å². The Labute approximate surface area is 188 Å². The zero-order chi connectivity index (χ0) is 23.1. The van der Waals surface area contributed by atoms with Crippen LogP contribution in [0.15, 0.2) is 65.8 Å². The van der Waals surface area contributed by atoms with E-state index < -0.39 is 5.91 Å². The number of rotatable bonds is 7. The van der Waals surface area contributed by atoms with Crippen molar-refractivity contribution in [2.24, 2.45) is 5.10 Å². The van der Waals surface area contributed by atoms with Gasteiger partial charge in [0.25, 0.3) is 11.8 Å². The van der Waals surface area contributed by atoms with E-state index in [1.807, 2.05) is 55.5 Å². The molecule has 2 amide bonds. The molecule has 6 heteroatoms. The smallest absolute Gasteiger partial charge is 0.259 e. The van der Waals surface area contributed by atoms with Crippen LogP contribution in [-0.4, -0.2) is 31.2 Å². The molecular weight excluding hydrogens is 402 g/mol. The number of fused-ring (bicyclic) bond motifs is 1. The lowest BCUT2D eigenvalue weighted by Crippen LogP contribution is -2.35. The maximum atomic E-state index is 12.3. The van der Waals surface area contributed by atoms with Crippen molar-refractivity contribution in [1.29, 1.82) is 0 Å². The molecule has 0 radical (unpaired) electrons. The molecule has 0 unspecified atom stereocenters. The van der Waals surface area contributed by atoms with Gasteiger partial charge in [-0.25, -0.2) is 5.43 Å². The van der Waals surface area contributed by atoms with Gasteiger partial charge in [-0.2, -0.15) is 5.10 Å². The van der Waals surface area contributed by atoms with Crippen molar-refractivity contribution in [2.45, 2.75) is 33.1 Å². The van der Waals surface area contributed by atoms with Crippen molar-refractivity contribution >= 4 is 28.8 Å². The van der Waals surface area contributed by atoms with E-state index in [1.165, 1.54) is 0 Å². The van der Waals surface area contributed by atoms with E-state index in [-0.39, 0.29) is 17.9 Å². The number of benzene rings is 3. The standard InChI is InChI=1S/C26H29N3O3/c1-5-32-23-15-12-18-8-6-7-9-21(18)22(23)16-28-29-24(30)17-27-25(31)19-10-13-20(14-11-19)26(2,3)4/h6-16H,5,17H2,1-4H3,(H,27,31)(H,29,30)/b28-16+. The van der Waals surface area contributed by atoms with Gasteiger partial charge in [0.2, 0.25) is 0 Å². The van der Waals surface area contributed by atoms with E-state index in [9.17, 15) is 9.59 Å². The summed E-state index contributed by atoms with van der Waals surface area (Å²) in [5, 5.41) is 8.71. The molecule has 0 heterocycles. The number of hydrazone groups is 1. The molecule has 3 aromatic carbocycles. The van der Waals surface area contributed by atoms with Crippen molar-refractivity contribution in [1.82, 2.24) is 10.7 Å². The monoisotopic (exact) mass is 431 g/mol. The molecule has 0 fully saturated rings. The fourth-order valence-corrected chi connectivity index (χ4v) is 3.28. The fraction of sp³-hybridized carbons (Fsp3) is 0.269. The first-order chi connectivity index (χ1) is 15.3. The van der Waals surface area contributed by atoms with Gasteiger partial charge >= 0.3 is 0 Å². The minimum absolute atomic E-state index is 0.0129. The summed E-state index contributed by atoms with van der Waals surface area (Å²) in [6.45, 7) is 8.60. The van der Waals surface area contributed by atoms with Gasteiger partial charge in [-0.15, -0.1) is 0 Å². The van der Waals surface area contributed by atoms with Gasteiger partial charge in [-0.1, -0.05) is 63.2 Å². The number of amides is 2. The maximum Gasteiger partial charge on any atom is 0.259 e. The van der Waals surface area contributed by atoms with E-state index in [2.05, 4.69) is 36.6 Å². The highest BCUT2D eigenvalue weighted by molar-refractivity contribution is 6.03. The second-order valence-corrected chi connectivity index (χ2v) is 8.43. The van der Waals surface area contributed by atoms with Crippen LogP contribution in [-0.2, 0) is 10.2 Å². The molecule has 0 aliphatic heterocycles. The van der Waals surface area contributed by atoms with Crippen molar-refractivity contribution in [3.63, 3.8) is 0 Å². The summed E-state index contributed by atoms with van der Waals surface area (Å²) in [5.41, 5.74) is 4.91. The average molecular weight is 432 g/mol. The Morgan fingerprint density at radius 3 is 2.41 bits per heavy atom. The van der Waals surface area contributed by atoms with E-state index in [1.54, 1.807) is 18.3 Å². The van der Waals surface area contributed by atoms with Gasteiger partial charge < -0.3 is 10.1 Å². The molecule has 0 saturated carbocycles. The predicted octanol–water partition coefficient (Wildman–Crippen LogP) is 4.42. The Morgan fingerprint density at radius 2 is 1.72 bits per heavy atom. The molecule has 166 valence electrons. The third-order valence-electron chi connectivity index (χ3n) is 5.04. The molecule has 0 aliphatic rings. The summed E-state index contributed by atoms with van der Waals surface area (Å²) in [7, 11) is 0. The largest absolute Gasteiger partial charge is 0.493 e. The van der Waals surface area contributed by atoms with Gasteiger partial charge in [0.15, 0.2) is 0 Å². The van der Waals surface area contributed by atoms with E-state index in [0.717, 1.165) is 21.9 Å². The van der Waals surface area contributed by atoms with Gasteiger partial charge in [0, 0.05) is 11.1 Å². The zero-order valence-electron chi connectivity index (χ0n) is 18.9. The molecule has 3 aromatic rings. The van der Waals surface area contributed by atoms with Crippen LogP contribution >= 0.6 is 0 Å². The van der Waals surface area contributed by atoms with Crippen LogP contribution in [0.5, 0.6) is 5.75 Å². The number of hydrogen-bond acceptors (Lipinski definition) is 4. The molecule has 3 rings (SSSR count). The predicted molar refractivity (Wildman–Crippen MR) is 128 cm³/mol. The Balaban J connectivity index is 1.60. The van der Waals surface area contributed by atoms with Crippen LogP contribution in [0.4, 0.5) is 0 Å². The molecule has 0 aromatic heterocycles. The highest BCUT2D eigenvalue weighted by Crippen LogP contribution is 2.26. The summed E-state index contributed by atoms with van der Waals surface area (Å²) >= 11 is 0. The molecule has 0 saturated heterocycles. The molecule has 2 N–H and O–H groups in total. The molecule has 6 nitrogen and oxygen atoms in total. The first-order valence-corrected chi connectivity index (χ1v) is 10.6. The van der Waals surface area contributed by atoms with E-state index in [4.69, 9.17) is 4.74 Å². The first-order valence-electron chi connectivity index (χ1n) is 10.6. The molecule has 0 bridgehead atoms. The van der Waals surface area contributed by atoms with Crippen LogP contribution in [0.3, 0.4) is 0 Å². The summed E-state index contributed by atoms with van der Waals surface area (Å²) in [6.07, 6.45) is 1.57. The molecule has 0 spiro atoms. The van der Waals surface area contributed by atoms with Gasteiger partial charge in [-0.05, 0) is 46.9 Å². The molecule has 0 aliphatic carbocycles. The third kappa shape index (κ3) is 5.72. The van der Waals surface area contributed by atoms with Crippen LogP contribution in [0, 0.1) is 0 Å². The Morgan fingerprint density at radius 1 is 1.00 bits per heavy atom. The van der Waals surface area contributed by atoms with Crippen LogP contribution in [0.25, 0.3) is 10.8 Å². The minimum Gasteiger partial charge on any atom is -0.493 e. The number of nitrogens with zero attached hydrogens (tertiary/aromatic N) is 1. The maximum absolute atomic E-state index is 12.3. The lowest BCUT2D eigenvalue weighted by Gasteiger charge is -2.19. The number of carbonyl (C=O) groups excluding carboxylic acids is 2. The molecular formula is C26H29N3O3. The third-order valence-corrected chi connectivity index (χ3v) is 5.04. The van der Waals surface area contributed by atoms with Crippen molar-refractivity contribution in [3.05, 3.63) is 77.4 Å². The topological polar surface area (TPSA) is 79.8 Å². The van der Waals surface area contributed by atoms with Crippen molar-refractivity contribution in [3.8, 4) is 5.75 Å². The number of hydrogen-bond donors (Lipinski definition) is 2. The SMILES string of the molecule is CCOc1ccc2ccccc2c1/C=N/NC(=O)CNC(=O)c1ccc(C(C)(C)C)cc1. The average Bonchev–Trinajstić information content (AvgIpc) is 2.78. The highest BCUT2D eigenvalue weighted by Gasteiger charge is 2.14. The number of carbonyl (C=O) groups is 2. The van der Waals surface area contributed by atoms with Gasteiger partial charge in [0.05, 0.1) is 19.4 Å². The lowest BCUT2D eigenvalue weighted by molar-refractivity contribution is -0.120. The number of ether oxygens (including phenoxy) is 1. The summed E-state index contributed by atoms with van der Waals surface area (Å²) in [5.74, 6) is -0.0346. The Kier molecular flexibility index (Phi) is 7.25. The van der Waals surface area contributed by atoms with Crippen molar-refractivity contribution in [2.75, 3.05) is 13.2 Å². The Hall–Kier alpha value is -3.67. The summed E-state index contributed by atoms with van der Waals surface area (Å²) in [4.78, 5) is 24.5. The fourth-order valence-electron chi connectivity index (χ4n) is 3.28. The van der Waals surface area contributed by atoms with E-state index in [0.29, 0.717) is 17.9 Å². The quantitative estimate of drug-likeness (QED) is 0.429. The summed E-state index contributed by atoms with van der Waals surface area (Å²) < 4.78 is 5.70. The first kappa shape index (κ1) is 23.0. The van der Waals surface area contributed by atoms with Crippen LogP contribution in [0.2, 0.25) is 0 Å². The van der Waals surface area contributed by atoms with Crippen LogP contribution < -0.4 is 15.5 Å². The second kappa shape index (κ2) is 10.1. The van der Waals surface area contributed by atoms with Crippen LogP contribution in [0.1, 0.15) is 49.2 Å². The minimum atomic E-state index is -0.417. The lowest BCUT2D eigenvalue weighted by atomic mass is 9.87. The highest BCUT2D eigenvalue weighted by atomic mass is 16.5. The normalized spacial score (nSPS) is 11.5. The van der Waals surface area contributed by atoms with Gasteiger partial charge in [0.1, 0.15) is 5.75 Å². The second-order valence-electron chi connectivity index (χ2n) is 8.43. The zero-order valence-corrected chi connectivity index (χ0v) is 18.9. The molecule has 0 atom stereocenters. The molecule has 32 heavy (non-hydrogen) atoms. The number of nitrogens with one attached hydrogen (secondary N) is 2. The Bertz CT molecular complexity index is 1130. The van der Waals surface area contributed by atoms with E-state index >= 15 is 0 Å².